The molecule has 0 aliphatic rings. The zero-order valence-corrected chi connectivity index (χ0v) is 16.8. The SMILES string of the molecule is CCc1ccc(Cl)cc1Nc1nc(=O)c(OC)cn1Cc1ccc(F)c(Cl)c1. The van der Waals surface area contributed by atoms with Crippen LogP contribution in [0.3, 0.4) is 0 Å². The Morgan fingerprint density at radius 1 is 1.21 bits per heavy atom. The van der Waals surface area contributed by atoms with E-state index in [-0.39, 0.29) is 10.8 Å². The highest BCUT2D eigenvalue weighted by Gasteiger charge is 2.12. The smallest absolute Gasteiger partial charge is 0.316 e. The van der Waals surface area contributed by atoms with Crippen molar-refractivity contribution in [3.63, 3.8) is 0 Å². The van der Waals surface area contributed by atoms with Gasteiger partial charge in [0.05, 0.1) is 24.9 Å². The number of aromatic nitrogens is 2. The van der Waals surface area contributed by atoms with E-state index in [9.17, 15) is 9.18 Å². The lowest BCUT2D eigenvalue weighted by molar-refractivity contribution is 0.402. The van der Waals surface area contributed by atoms with Crippen molar-refractivity contribution < 1.29 is 9.13 Å². The second-order valence-corrected chi connectivity index (χ2v) is 6.94. The average molecular weight is 422 g/mol. The van der Waals surface area contributed by atoms with Crippen molar-refractivity contribution in [1.82, 2.24) is 9.55 Å². The summed E-state index contributed by atoms with van der Waals surface area (Å²) in [5, 5.41) is 3.76. The molecule has 5 nitrogen and oxygen atoms in total. The molecule has 3 aromatic rings. The van der Waals surface area contributed by atoms with Crippen molar-refractivity contribution in [2.75, 3.05) is 12.4 Å². The van der Waals surface area contributed by atoms with Crippen molar-refractivity contribution in [3.8, 4) is 5.75 Å². The number of aryl methyl sites for hydroxylation is 1. The van der Waals surface area contributed by atoms with Crippen LogP contribution in [-0.4, -0.2) is 16.7 Å². The minimum Gasteiger partial charge on any atom is -0.490 e. The molecule has 1 aromatic heterocycles. The maximum absolute atomic E-state index is 13.5. The van der Waals surface area contributed by atoms with Gasteiger partial charge in [0.15, 0.2) is 0 Å². The molecule has 0 aliphatic carbocycles. The van der Waals surface area contributed by atoms with E-state index in [1.807, 2.05) is 13.0 Å². The summed E-state index contributed by atoms with van der Waals surface area (Å²) in [4.78, 5) is 16.3. The Balaban J connectivity index is 2.05. The van der Waals surface area contributed by atoms with Crippen LogP contribution in [0.2, 0.25) is 10.0 Å². The van der Waals surface area contributed by atoms with E-state index in [0.717, 1.165) is 23.2 Å². The third kappa shape index (κ3) is 4.46. The average Bonchev–Trinajstić information content (AvgIpc) is 2.67. The van der Waals surface area contributed by atoms with Gasteiger partial charge in [0.2, 0.25) is 11.7 Å². The van der Waals surface area contributed by atoms with Gasteiger partial charge in [0, 0.05) is 10.7 Å². The predicted octanol–water partition coefficient (Wildman–Crippen LogP) is 5.05. The van der Waals surface area contributed by atoms with Crippen LogP contribution in [0, 0.1) is 5.82 Å². The fourth-order valence-corrected chi connectivity index (χ4v) is 3.14. The van der Waals surface area contributed by atoms with E-state index in [4.69, 9.17) is 27.9 Å². The van der Waals surface area contributed by atoms with Gasteiger partial charge in [-0.25, -0.2) is 4.39 Å². The van der Waals surface area contributed by atoms with Gasteiger partial charge < -0.3 is 14.6 Å². The van der Waals surface area contributed by atoms with Crippen LogP contribution in [0.5, 0.6) is 5.75 Å². The molecular weight excluding hydrogens is 404 g/mol. The first-order valence-electron chi connectivity index (χ1n) is 8.56. The molecule has 0 unspecified atom stereocenters. The van der Waals surface area contributed by atoms with Gasteiger partial charge in [-0.05, 0) is 41.8 Å². The number of benzene rings is 2. The third-order valence-corrected chi connectivity index (χ3v) is 4.74. The molecule has 0 saturated carbocycles. The minimum absolute atomic E-state index is 0.0242. The number of ether oxygens (including phenoxy) is 1. The van der Waals surface area contributed by atoms with Crippen LogP contribution < -0.4 is 15.6 Å². The summed E-state index contributed by atoms with van der Waals surface area (Å²) in [7, 11) is 1.40. The number of rotatable bonds is 6. The number of nitrogens with zero attached hydrogens (tertiary/aromatic N) is 2. The fraction of sp³-hybridized carbons (Fsp3) is 0.200. The first-order chi connectivity index (χ1) is 13.4. The molecule has 146 valence electrons. The highest BCUT2D eigenvalue weighted by Crippen LogP contribution is 2.25. The molecule has 8 heteroatoms. The van der Waals surface area contributed by atoms with Gasteiger partial charge in [0.25, 0.3) is 0 Å². The lowest BCUT2D eigenvalue weighted by Crippen LogP contribution is -2.19. The summed E-state index contributed by atoms with van der Waals surface area (Å²) in [6.45, 7) is 2.32. The van der Waals surface area contributed by atoms with Crippen molar-refractivity contribution in [2.45, 2.75) is 19.9 Å². The molecule has 0 spiro atoms. The summed E-state index contributed by atoms with van der Waals surface area (Å²) in [6, 6.07) is 9.94. The molecule has 0 amide bonds. The number of anilines is 2. The van der Waals surface area contributed by atoms with Crippen LogP contribution >= 0.6 is 23.2 Å². The van der Waals surface area contributed by atoms with E-state index in [1.165, 1.54) is 19.2 Å². The van der Waals surface area contributed by atoms with E-state index >= 15 is 0 Å². The molecular formula is C20H18Cl2FN3O2. The van der Waals surface area contributed by atoms with Crippen LogP contribution in [0.15, 0.2) is 47.4 Å². The quantitative estimate of drug-likeness (QED) is 0.604. The highest BCUT2D eigenvalue weighted by molar-refractivity contribution is 6.31. The molecule has 1 heterocycles. The first kappa shape index (κ1) is 20.2. The molecule has 1 N–H and O–H groups in total. The summed E-state index contributed by atoms with van der Waals surface area (Å²) in [5.74, 6) is -0.0883. The number of methoxy groups -OCH3 is 1. The zero-order valence-electron chi connectivity index (χ0n) is 15.3. The second-order valence-electron chi connectivity index (χ2n) is 6.09. The van der Waals surface area contributed by atoms with Crippen LogP contribution in [0.1, 0.15) is 18.1 Å². The van der Waals surface area contributed by atoms with Crippen LogP contribution in [-0.2, 0) is 13.0 Å². The van der Waals surface area contributed by atoms with Gasteiger partial charge in [-0.15, -0.1) is 0 Å². The van der Waals surface area contributed by atoms with E-state index < -0.39 is 11.4 Å². The van der Waals surface area contributed by atoms with E-state index in [1.54, 1.807) is 29.0 Å². The van der Waals surface area contributed by atoms with Gasteiger partial charge in [-0.3, -0.25) is 4.79 Å². The van der Waals surface area contributed by atoms with Crippen molar-refractivity contribution in [2.24, 2.45) is 0 Å². The topological polar surface area (TPSA) is 56.1 Å². The maximum atomic E-state index is 13.5. The molecule has 0 bridgehead atoms. The van der Waals surface area contributed by atoms with Gasteiger partial charge in [-0.2, -0.15) is 4.98 Å². The Labute approximate surface area is 171 Å². The van der Waals surface area contributed by atoms with Crippen LogP contribution in [0.25, 0.3) is 0 Å². The number of halogens is 3. The first-order valence-corrected chi connectivity index (χ1v) is 9.31. The Hall–Kier alpha value is -2.57. The van der Waals surface area contributed by atoms with Crippen molar-refractivity contribution >= 4 is 34.8 Å². The lowest BCUT2D eigenvalue weighted by Gasteiger charge is -2.17. The van der Waals surface area contributed by atoms with Gasteiger partial charge in [-0.1, -0.05) is 42.3 Å². The molecule has 0 radical (unpaired) electrons. The summed E-state index contributed by atoms with van der Waals surface area (Å²) in [5.41, 5.74) is 2.01. The molecule has 2 aromatic carbocycles. The Morgan fingerprint density at radius 3 is 2.68 bits per heavy atom. The van der Waals surface area contributed by atoms with E-state index in [0.29, 0.717) is 17.5 Å². The van der Waals surface area contributed by atoms with Gasteiger partial charge >= 0.3 is 5.56 Å². The number of hydrogen-bond acceptors (Lipinski definition) is 4. The Bertz CT molecular complexity index is 1070. The predicted molar refractivity (Wildman–Crippen MR) is 110 cm³/mol. The van der Waals surface area contributed by atoms with Gasteiger partial charge in [0.1, 0.15) is 5.82 Å². The minimum atomic E-state index is -0.501. The van der Waals surface area contributed by atoms with E-state index in [2.05, 4.69) is 10.3 Å². The highest BCUT2D eigenvalue weighted by atomic mass is 35.5. The normalized spacial score (nSPS) is 10.8. The monoisotopic (exact) mass is 421 g/mol. The summed E-state index contributed by atoms with van der Waals surface area (Å²) < 4.78 is 20.3. The molecule has 0 saturated heterocycles. The lowest BCUT2D eigenvalue weighted by atomic mass is 10.1. The fourth-order valence-electron chi connectivity index (χ4n) is 2.76. The Kier molecular flexibility index (Phi) is 6.21. The number of hydrogen-bond donors (Lipinski definition) is 1. The Morgan fingerprint density at radius 2 is 2.00 bits per heavy atom. The van der Waals surface area contributed by atoms with Crippen molar-refractivity contribution in [3.05, 3.63) is 79.9 Å². The second kappa shape index (κ2) is 8.63. The largest absolute Gasteiger partial charge is 0.490 e. The maximum Gasteiger partial charge on any atom is 0.316 e. The number of nitrogens with one attached hydrogen (secondary N) is 1. The molecule has 0 fully saturated rings. The molecule has 0 aliphatic heterocycles. The zero-order chi connectivity index (χ0) is 20.3. The third-order valence-electron chi connectivity index (χ3n) is 4.22. The summed E-state index contributed by atoms with van der Waals surface area (Å²) >= 11 is 12.0. The standard InChI is InChI=1S/C20H18Cl2FN3O2/c1-3-13-5-6-14(21)9-17(13)24-20-25-19(27)18(28-2)11-26(20)10-12-4-7-16(23)15(22)8-12/h4-9,11H,3,10H2,1-2H3,(H,24,25,27). The molecule has 28 heavy (non-hydrogen) atoms. The molecule has 0 atom stereocenters. The molecule has 3 rings (SSSR count). The summed E-state index contributed by atoms with van der Waals surface area (Å²) in [6.07, 6.45) is 2.32. The van der Waals surface area contributed by atoms with Crippen LogP contribution in [0.4, 0.5) is 16.0 Å². The van der Waals surface area contributed by atoms with Crippen molar-refractivity contribution in [1.29, 1.82) is 0 Å².